The smallest absolute Gasteiger partial charge is 0.198 e. The van der Waals surface area contributed by atoms with Crippen molar-refractivity contribution in [3.05, 3.63) is 56.0 Å². The quantitative estimate of drug-likeness (QED) is 0.727. The van der Waals surface area contributed by atoms with Crippen molar-refractivity contribution in [1.82, 2.24) is 0 Å². The zero-order valence-corrected chi connectivity index (χ0v) is 12.9. The van der Waals surface area contributed by atoms with Crippen LogP contribution in [0.4, 0.5) is 8.78 Å². The molecule has 0 saturated carbocycles. The van der Waals surface area contributed by atoms with E-state index in [1.54, 1.807) is 0 Å². The van der Waals surface area contributed by atoms with E-state index in [9.17, 15) is 8.78 Å². The van der Waals surface area contributed by atoms with E-state index in [0.717, 1.165) is 12.1 Å². The highest BCUT2D eigenvalue weighted by molar-refractivity contribution is 9.10. The average molecular weight is 384 g/mol. The van der Waals surface area contributed by atoms with Crippen LogP contribution in [0.3, 0.4) is 0 Å². The Hall–Kier alpha value is -0.880. The van der Waals surface area contributed by atoms with Crippen molar-refractivity contribution in [2.75, 3.05) is 0 Å². The molecule has 0 saturated heterocycles. The molecule has 0 aliphatic rings. The molecule has 2 nitrogen and oxygen atoms in total. The van der Waals surface area contributed by atoms with Crippen molar-refractivity contribution >= 4 is 39.1 Å². The van der Waals surface area contributed by atoms with E-state index in [1.165, 1.54) is 12.1 Å². The van der Waals surface area contributed by atoms with E-state index in [1.807, 2.05) is 0 Å². The Labute approximate surface area is 132 Å². The zero-order valence-electron chi connectivity index (χ0n) is 9.76. The maximum absolute atomic E-state index is 13.7. The van der Waals surface area contributed by atoms with Gasteiger partial charge in [-0.05, 0) is 39.7 Å². The van der Waals surface area contributed by atoms with Crippen LogP contribution >= 0.6 is 39.1 Å². The molecule has 0 spiro atoms. The second kappa shape index (κ2) is 6.26. The predicted molar refractivity (Wildman–Crippen MR) is 76.5 cm³/mol. The first-order valence-electron chi connectivity index (χ1n) is 5.33. The Kier molecular flexibility index (Phi) is 4.86. The number of aliphatic hydroxyl groups is 1. The Balaban J connectivity index is 2.42. The Morgan fingerprint density at radius 3 is 2.20 bits per heavy atom. The Morgan fingerprint density at radius 1 is 1.05 bits per heavy atom. The van der Waals surface area contributed by atoms with Gasteiger partial charge in [0.1, 0.15) is 5.75 Å². The summed E-state index contributed by atoms with van der Waals surface area (Å²) in [6.07, 6.45) is 0. The van der Waals surface area contributed by atoms with Gasteiger partial charge in [-0.3, -0.25) is 0 Å². The van der Waals surface area contributed by atoms with Crippen LogP contribution in [0.2, 0.25) is 10.0 Å². The molecule has 20 heavy (non-hydrogen) atoms. The molecule has 2 aromatic rings. The van der Waals surface area contributed by atoms with Gasteiger partial charge in [0.15, 0.2) is 17.4 Å². The molecule has 0 amide bonds. The van der Waals surface area contributed by atoms with Crippen molar-refractivity contribution in [1.29, 1.82) is 0 Å². The van der Waals surface area contributed by atoms with Gasteiger partial charge in [0.2, 0.25) is 0 Å². The molecule has 0 aliphatic carbocycles. The topological polar surface area (TPSA) is 29.5 Å². The first-order chi connectivity index (χ1) is 9.42. The fraction of sp³-hybridized carbons (Fsp3) is 0.0769. The minimum atomic E-state index is -0.941. The minimum absolute atomic E-state index is 0.0226. The third kappa shape index (κ3) is 3.23. The number of hydrogen-bond acceptors (Lipinski definition) is 2. The standard InChI is InChI=1S/C13H7BrCl2F2O2/c14-7-3-9(16)12(4-8(7)15)20-13-10(17)1-6(5-19)2-11(13)18/h1-4,19H,5H2. The largest absolute Gasteiger partial charge is 0.450 e. The fourth-order valence-corrected chi connectivity index (χ4v) is 2.32. The molecule has 0 aromatic heterocycles. The van der Waals surface area contributed by atoms with Crippen molar-refractivity contribution < 1.29 is 18.6 Å². The van der Waals surface area contributed by atoms with Crippen LogP contribution in [0.5, 0.6) is 11.5 Å². The number of benzene rings is 2. The molecule has 0 heterocycles. The summed E-state index contributed by atoms with van der Waals surface area (Å²) in [5, 5.41) is 9.29. The van der Waals surface area contributed by atoms with E-state index in [-0.39, 0.29) is 21.4 Å². The van der Waals surface area contributed by atoms with E-state index in [2.05, 4.69) is 15.9 Å². The minimum Gasteiger partial charge on any atom is -0.450 e. The van der Waals surface area contributed by atoms with Crippen LogP contribution in [0, 0.1) is 11.6 Å². The molecule has 0 atom stereocenters. The Bertz CT molecular complexity index is 642. The summed E-state index contributed by atoms with van der Waals surface area (Å²) in [5.74, 6) is -2.47. The van der Waals surface area contributed by atoms with Gasteiger partial charge >= 0.3 is 0 Å². The molecular formula is C13H7BrCl2F2O2. The average Bonchev–Trinajstić information content (AvgIpc) is 2.39. The van der Waals surface area contributed by atoms with Gasteiger partial charge in [-0.1, -0.05) is 23.2 Å². The van der Waals surface area contributed by atoms with Gasteiger partial charge in [0.25, 0.3) is 0 Å². The third-order valence-electron chi connectivity index (χ3n) is 2.43. The lowest BCUT2D eigenvalue weighted by Crippen LogP contribution is -1.96. The highest BCUT2D eigenvalue weighted by atomic mass is 79.9. The summed E-state index contributed by atoms with van der Waals surface area (Å²) in [7, 11) is 0. The van der Waals surface area contributed by atoms with Crippen molar-refractivity contribution in [3.8, 4) is 11.5 Å². The lowest BCUT2D eigenvalue weighted by molar-refractivity contribution is 0.279. The van der Waals surface area contributed by atoms with Gasteiger partial charge in [-0.2, -0.15) is 0 Å². The Morgan fingerprint density at radius 2 is 1.65 bits per heavy atom. The number of aliphatic hydroxyl groups excluding tert-OH is 1. The zero-order chi connectivity index (χ0) is 14.9. The van der Waals surface area contributed by atoms with Gasteiger partial charge < -0.3 is 9.84 Å². The molecule has 0 aliphatic heterocycles. The van der Waals surface area contributed by atoms with Crippen LogP contribution in [0.25, 0.3) is 0 Å². The van der Waals surface area contributed by atoms with Crippen LogP contribution < -0.4 is 4.74 Å². The lowest BCUT2D eigenvalue weighted by Gasteiger charge is -2.11. The molecule has 106 valence electrons. The monoisotopic (exact) mass is 382 g/mol. The van der Waals surface area contributed by atoms with Crippen molar-refractivity contribution in [2.45, 2.75) is 6.61 Å². The summed E-state index contributed by atoms with van der Waals surface area (Å²) >= 11 is 15.0. The number of rotatable bonds is 3. The summed E-state index contributed by atoms with van der Waals surface area (Å²) in [5.41, 5.74) is 0.104. The third-order valence-corrected chi connectivity index (χ3v) is 3.92. The molecule has 2 rings (SSSR count). The summed E-state index contributed by atoms with van der Waals surface area (Å²) in [6, 6.07) is 4.75. The second-order valence-corrected chi connectivity index (χ2v) is 5.51. The number of halogens is 5. The predicted octanol–water partition coefficient (Wildman–Crippen LogP) is 5.32. The van der Waals surface area contributed by atoms with Crippen molar-refractivity contribution in [2.24, 2.45) is 0 Å². The number of ether oxygens (including phenoxy) is 1. The first-order valence-corrected chi connectivity index (χ1v) is 6.88. The maximum Gasteiger partial charge on any atom is 0.198 e. The number of hydrogen-bond donors (Lipinski definition) is 1. The van der Waals surface area contributed by atoms with Gasteiger partial charge in [0, 0.05) is 10.5 Å². The van der Waals surface area contributed by atoms with Gasteiger partial charge in [0.05, 0.1) is 16.7 Å². The van der Waals surface area contributed by atoms with Crippen LogP contribution in [0.1, 0.15) is 5.56 Å². The van der Waals surface area contributed by atoms with E-state index in [4.69, 9.17) is 33.0 Å². The second-order valence-electron chi connectivity index (χ2n) is 3.85. The molecule has 7 heteroatoms. The van der Waals surface area contributed by atoms with Crippen LogP contribution in [-0.2, 0) is 6.61 Å². The molecule has 0 unspecified atom stereocenters. The molecule has 2 aromatic carbocycles. The summed E-state index contributed by atoms with van der Waals surface area (Å²) < 4.78 is 33.1. The van der Waals surface area contributed by atoms with E-state index in [0.29, 0.717) is 4.47 Å². The fourth-order valence-electron chi connectivity index (χ4n) is 1.49. The molecule has 0 fully saturated rings. The van der Waals surface area contributed by atoms with Crippen molar-refractivity contribution in [3.63, 3.8) is 0 Å². The maximum atomic E-state index is 13.7. The normalized spacial score (nSPS) is 10.7. The molecule has 0 bridgehead atoms. The molecule has 1 N–H and O–H groups in total. The van der Waals surface area contributed by atoms with Gasteiger partial charge in [-0.25, -0.2) is 8.78 Å². The summed E-state index contributed by atoms with van der Waals surface area (Å²) in [6.45, 7) is -0.473. The van der Waals surface area contributed by atoms with E-state index < -0.39 is 24.0 Å². The van der Waals surface area contributed by atoms with Gasteiger partial charge in [-0.15, -0.1) is 0 Å². The molecule has 0 radical (unpaired) electrons. The first kappa shape index (κ1) is 15.5. The SMILES string of the molecule is OCc1cc(F)c(Oc2cc(Cl)c(Br)cc2Cl)c(F)c1. The van der Waals surface area contributed by atoms with Crippen LogP contribution in [0.15, 0.2) is 28.7 Å². The molecular weight excluding hydrogens is 377 g/mol. The van der Waals surface area contributed by atoms with Crippen LogP contribution in [-0.4, -0.2) is 5.11 Å². The highest BCUT2D eigenvalue weighted by Gasteiger charge is 2.16. The highest BCUT2D eigenvalue weighted by Crippen LogP contribution is 2.38. The van der Waals surface area contributed by atoms with E-state index >= 15 is 0 Å². The summed E-state index contributed by atoms with van der Waals surface area (Å²) in [4.78, 5) is 0. The lowest BCUT2D eigenvalue weighted by atomic mass is 10.2.